The van der Waals surface area contributed by atoms with Gasteiger partial charge in [0.15, 0.2) is 0 Å². The molecule has 1 aliphatic carbocycles. The van der Waals surface area contributed by atoms with Gasteiger partial charge in [0.2, 0.25) is 0 Å². The second-order valence-electron chi connectivity index (χ2n) is 10.3. The number of amides is 1. The number of nitrogens with one attached hydrogen (secondary N) is 1. The van der Waals surface area contributed by atoms with Crippen LogP contribution in [0.15, 0.2) is 48.5 Å². The molecule has 1 fully saturated rings. The van der Waals surface area contributed by atoms with Crippen LogP contribution >= 0.6 is 23.2 Å². The number of likely N-dealkylation sites (tertiary alicyclic amines) is 1. The average molecular weight is 553 g/mol. The van der Waals surface area contributed by atoms with E-state index in [2.05, 4.69) is 41.2 Å². The van der Waals surface area contributed by atoms with Crippen molar-refractivity contribution in [3.8, 4) is 11.5 Å². The Morgan fingerprint density at radius 1 is 1.00 bits per heavy atom. The molecule has 0 spiro atoms. The number of rotatable bonds is 4. The normalized spacial score (nSPS) is 21.6. The van der Waals surface area contributed by atoms with Gasteiger partial charge < -0.3 is 19.4 Å². The molecular formula is C30H31Cl2N3O3. The van der Waals surface area contributed by atoms with Crippen molar-refractivity contribution in [2.45, 2.75) is 43.2 Å². The van der Waals surface area contributed by atoms with E-state index < -0.39 is 6.09 Å². The Hall–Kier alpha value is -2.93. The van der Waals surface area contributed by atoms with Crippen LogP contribution in [0.25, 0.3) is 12.2 Å². The van der Waals surface area contributed by atoms with Crippen LogP contribution in [-0.4, -0.2) is 59.0 Å². The maximum absolute atomic E-state index is 13.5. The molecular weight excluding hydrogens is 521 g/mol. The zero-order valence-electron chi connectivity index (χ0n) is 21.3. The summed E-state index contributed by atoms with van der Waals surface area (Å²) in [5, 5.41) is 2.80. The average Bonchev–Trinajstić information content (AvgIpc) is 3.29. The van der Waals surface area contributed by atoms with Crippen molar-refractivity contribution in [1.29, 1.82) is 0 Å². The van der Waals surface area contributed by atoms with E-state index in [1.807, 2.05) is 12.1 Å². The lowest BCUT2D eigenvalue weighted by atomic mass is 9.92. The monoisotopic (exact) mass is 551 g/mol. The molecule has 8 heteroatoms. The van der Waals surface area contributed by atoms with Gasteiger partial charge in [-0.25, -0.2) is 4.79 Å². The van der Waals surface area contributed by atoms with Gasteiger partial charge in [-0.2, -0.15) is 0 Å². The molecule has 1 unspecified atom stereocenters. The third kappa shape index (κ3) is 5.18. The van der Waals surface area contributed by atoms with E-state index in [1.54, 1.807) is 29.2 Å². The zero-order chi connectivity index (χ0) is 26.2. The summed E-state index contributed by atoms with van der Waals surface area (Å²) < 4.78 is 12.1. The second kappa shape index (κ2) is 10.7. The molecule has 3 aromatic rings. The summed E-state index contributed by atoms with van der Waals surface area (Å²) in [6.07, 6.45) is 7.66. The van der Waals surface area contributed by atoms with E-state index in [0.29, 0.717) is 17.3 Å². The number of aromatic nitrogens is 1. The van der Waals surface area contributed by atoms with E-state index in [4.69, 9.17) is 32.7 Å². The quantitative estimate of drug-likeness (QED) is 0.470. The first-order chi connectivity index (χ1) is 18.4. The van der Waals surface area contributed by atoms with Crippen LogP contribution < -0.4 is 20.0 Å². The molecule has 0 saturated carbocycles. The molecule has 2 atom stereocenters. The van der Waals surface area contributed by atoms with E-state index in [1.165, 1.54) is 5.56 Å². The molecule has 1 saturated heterocycles. The lowest BCUT2D eigenvalue weighted by Gasteiger charge is -2.35. The maximum Gasteiger partial charge on any atom is 0.416 e. The minimum atomic E-state index is -0.398. The number of aromatic amines is 1. The highest BCUT2D eigenvalue weighted by Crippen LogP contribution is 2.35. The molecule has 6 nitrogen and oxygen atoms in total. The number of piperidine rings is 1. The second-order valence-corrected chi connectivity index (χ2v) is 11.3. The zero-order valence-corrected chi connectivity index (χ0v) is 22.8. The summed E-state index contributed by atoms with van der Waals surface area (Å²) in [6, 6.07) is 14.7. The predicted octanol–water partition coefficient (Wildman–Crippen LogP) is 4.86. The Balaban J connectivity index is 1.32. The Morgan fingerprint density at radius 2 is 1.71 bits per heavy atom. The first kappa shape index (κ1) is 25.4. The topological polar surface area (TPSA) is 57.8 Å². The fourth-order valence-corrected chi connectivity index (χ4v) is 6.02. The number of hydrogen-bond acceptors (Lipinski definition) is 4. The van der Waals surface area contributed by atoms with Crippen molar-refractivity contribution < 1.29 is 14.3 Å². The van der Waals surface area contributed by atoms with Crippen LogP contribution in [0.1, 0.15) is 42.1 Å². The van der Waals surface area contributed by atoms with E-state index in [0.717, 1.165) is 66.3 Å². The van der Waals surface area contributed by atoms with Crippen molar-refractivity contribution in [2.75, 3.05) is 26.7 Å². The van der Waals surface area contributed by atoms with Gasteiger partial charge in [-0.05, 0) is 80.3 Å². The molecule has 1 aromatic heterocycles. The summed E-state index contributed by atoms with van der Waals surface area (Å²) in [6.45, 7) is 2.63. The van der Waals surface area contributed by atoms with Crippen LogP contribution in [0.4, 0.5) is 4.79 Å². The van der Waals surface area contributed by atoms with Crippen molar-refractivity contribution in [2.24, 2.45) is 0 Å². The highest BCUT2D eigenvalue weighted by molar-refractivity contribution is 6.30. The van der Waals surface area contributed by atoms with Crippen molar-refractivity contribution >= 4 is 41.4 Å². The number of fused-ring (bicyclic) bond motifs is 3. The lowest BCUT2D eigenvalue weighted by molar-refractivity contribution is 0.114. The lowest BCUT2D eigenvalue weighted by Crippen LogP contribution is -2.43. The van der Waals surface area contributed by atoms with Crippen molar-refractivity contribution in [1.82, 2.24) is 14.8 Å². The Labute approximate surface area is 232 Å². The van der Waals surface area contributed by atoms with Crippen LogP contribution in [0.5, 0.6) is 11.5 Å². The number of hydrogen-bond donors (Lipinski definition) is 1. The van der Waals surface area contributed by atoms with Crippen molar-refractivity contribution in [3.05, 3.63) is 80.9 Å². The number of ether oxygens (including phenoxy) is 2. The molecule has 198 valence electrons. The van der Waals surface area contributed by atoms with Crippen LogP contribution in [0.3, 0.4) is 0 Å². The summed E-state index contributed by atoms with van der Waals surface area (Å²) in [5.74, 6) is 1.32. The number of benzene rings is 2. The van der Waals surface area contributed by atoms with Gasteiger partial charge in [-0.1, -0.05) is 35.9 Å². The first-order valence-corrected chi connectivity index (χ1v) is 14.0. The van der Waals surface area contributed by atoms with Gasteiger partial charge in [-0.15, -0.1) is 11.6 Å². The van der Waals surface area contributed by atoms with E-state index >= 15 is 0 Å². The first-order valence-electron chi connectivity index (χ1n) is 13.2. The number of carbonyl (C=O) groups excluding carboxylic acids is 1. The predicted molar refractivity (Wildman–Crippen MR) is 151 cm³/mol. The number of H-pyrrole nitrogens is 1. The minimum Gasteiger partial charge on any atom is -0.490 e. The highest BCUT2D eigenvalue weighted by atomic mass is 35.5. The van der Waals surface area contributed by atoms with Crippen molar-refractivity contribution in [3.63, 3.8) is 0 Å². The smallest absolute Gasteiger partial charge is 0.416 e. The number of alkyl halides is 1. The Bertz CT molecular complexity index is 1430. The SMILES string of the molecule is CN1CCC(Oc2ccc([C@H]3c4[nH]c5c(c4CCN3C(=O)Oc3ccc(Cl)cc3)=CC(Cl)CC=5)cc2)CC1. The maximum atomic E-state index is 13.5. The summed E-state index contributed by atoms with van der Waals surface area (Å²) in [7, 11) is 2.15. The molecule has 0 bridgehead atoms. The third-order valence-electron chi connectivity index (χ3n) is 7.71. The molecule has 3 aliphatic rings. The fraction of sp³-hybridized carbons (Fsp3) is 0.367. The van der Waals surface area contributed by atoms with Gasteiger partial charge in [0, 0.05) is 40.9 Å². The molecule has 6 rings (SSSR count). The fourth-order valence-electron chi connectivity index (χ4n) is 5.68. The number of carbonyl (C=O) groups is 1. The summed E-state index contributed by atoms with van der Waals surface area (Å²) in [4.78, 5) is 21.2. The molecule has 3 heterocycles. The van der Waals surface area contributed by atoms with E-state index in [9.17, 15) is 4.79 Å². The molecule has 1 amide bonds. The molecule has 38 heavy (non-hydrogen) atoms. The van der Waals surface area contributed by atoms with Crippen LogP contribution in [0.2, 0.25) is 5.02 Å². The van der Waals surface area contributed by atoms with Crippen LogP contribution in [0, 0.1) is 0 Å². The van der Waals surface area contributed by atoms with E-state index in [-0.39, 0.29) is 17.5 Å². The molecule has 2 aromatic carbocycles. The number of halogens is 2. The standard InChI is InChI=1S/C30H31Cl2N3O3/c1-34-15-12-24(13-16-34)37-22-7-2-19(3-8-22)29-28-25(26-18-21(32)6-11-27(26)33-28)14-17-35(29)30(36)38-23-9-4-20(31)5-10-23/h2-5,7-11,18,21,24,29,33H,6,12-17H2,1H3/t21?,29-/m0/s1. The largest absolute Gasteiger partial charge is 0.490 e. The van der Waals surface area contributed by atoms with Crippen LogP contribution in [-0.2, 0) is 6.42 Å². The Kier molecular flexibility index (Phi) is 7.12. The van der Waals surface area contributed by atoms with Gasteiger partial charge in [0.25, 0.3) is 0 Å². The summed E-state index contributed by atoms with van der Waals surface area (Å²) in [5.41, 5.74) is 3.22. The van der Waals surface area contributed by atoms with Gasteiger partial charge in [-0.3, -0.25) is 4.90 Å². The highest BCUT2D eigenvalue weighted by Gasteiger charge is 2.35. The summed E-state index contributed by atoms with van der Waals surface area (Å²) >= 11 is 12.5. The Morgan fingerprint density at radius 3 is 2.45 bits per heavy atom. The molecule has 1 N–H and O–H groups in total. The minimum absolute atomic E-state index is 0.0234. The van der Waals surface area contributed by atoms with Gasteiger partial charge in [0.05, 0.1) is 5.38 Å². The van der Waals surface area contributed by atoms with Gasteiger partial charge in [0.1, 0.15) is 23.6 Å². The molecule has 0 radical (unpaired) electrons. The number of nitrogens with zero attached hydrogens (tertiary/aromatic N) is 2. The third-order valence-corrected chi connectivity index (χ3v) is 8.27. The van der Waals surface area contributed by atoms with Gasteiger partial charge >= 0.3 is 6.09 Å². The molecule has 2 aliphatic heterocycles.